The van der Waals surface area contributed by atoms with Gasteiger partial charge in [0.1, 0.15) is 5.82 Å². The first kappa shape index (κ1) is 24.1. The number of carbonyl (C=O) groups is 2. The maximum atomic E-state index is 14.0. The smallest absolute Gasteiger partial charge is 0.222 e. The number of Topliss-reactive ketones (excluding diaryl/α,β-unsaturated/α-hetero) is 1. The van der Waals surface area contributed by atoms with Crippen LogP contribution in [0.2, 0.25) is 0 Å². The number of nitrogens with one attached hydrogen (secondary N) is 2. The molecule has 0 spiro atoms. The monoisotopic (exact) mass is 476 g/mol. The van der Waals surface area contributed by atoms with Crippen molar-refractivity contribution in [3.63, 3.8) is 0 Å². The lowest BCUT2D eigenvalue weighted by molar-refractivity contribution is -0.131. The van der Waals surface area contributed by atoms with Gasteiger partial charge in [-0.3, -0.25) is 9.59 Å². The van der Waals surface area contributed by atoms with E-state index >= 15 is 0 Å². The Bertz CT molecular complexity index is 1190. The molecule has 2 heterocycles. The van der Waals surface area contributed by atoms with Crippen LogP contribution >= 0.6 is 0 Å². The molecule has 0 unspecified atom stereocenters. The molecule has 1 aliphatic rings. The van der Waals surface area contributed by atoms with Crippen molar-refractivity contribution in [2.24, 2.45) is 0 Å². The predicted molar refractivity (Wildman–Crippen MR) is 135 cm³/mol. The lowest BCUT2D eigenvalue weighted by Crippen LogP contribution is -2.48. The minimum absolute atomic E-state index is 0.197. The van der Waals surface area contributed by atoms with Gasteiger partial charge in [0, 0.05) is 69.1 Å². The number of hydrogen-bond acceptors (Lipinski definition) is 7. The highest BCUT2D eigenvalue weighted by Crippen LogP contribution is 2.24. The van der Waals surface area contributed by atoms with Crippen molar-refractivity contribution in [3.8, 4) is 0 Å². The van der Waals surface area contributed by atoms with Crippen LogP contribution in [0, 0.1) is 5.82 Å². The summed E-state index contributed by atoms with van der Waals surface area (Å²) in [7, 11) is 0. The molecule has 0 atom stereocenters. The third-order valence-electron chi connectivity index (χ3n) is 5.99. The number of carbonyl (C=O) groups excluding carboxylic acids is 2. The summed E-state index contributed by atoms with van der Waals surface area (Å²) in [6.45, 7) is 6.58. The highest BCUT2D eigenvalue weighted by Gasteiger charge is 2.20. The van der Waals surface area contributed by atoms with Crippen LogP contribution in [-0.2, 0) is 11.3 Å². The maximum absolute atomic E-state index is 14.0. The van der Waals surface area contributed by atoms with E-state index in [4.69, 9.17) is 0 Å². The molecule has 8 nitrogen and oxygen atoms in total. The van der Waals surface area contributed by atoms with E-state index in [1.54, 1.807) is 24.3 Å². The number of hydrogen-bond donors (Lipinski definition) is 2. The van der Waals surface area contributed by atoms with Gasteiger partial charge in [-0.15, -0.1) is 10.2 Å². The molecule has 2 aromatic carbocycles. The summed E-state index contributed by atoms with van der Waals surface area (Å²) in [5.41, 5.74) is 3.07. The van der Waals surface area contributed by atoms with Gasteiger partial charge in [-0.1, -0.05) is 25.1 Å². The second-order valence-corrected chi connectivity index (χ2v) is 8.39. The van der Waals surface area contributed by atoms with Gasteiger partial charge in [-0.05, 0) is 30.3 Å². The van der Waals surface area contributed by atoms with Crippen molar-refractivity contribution in [2.45, 2.75) is 26.8 Å². The van der Waals surface area contributed by atoms with Gasteiger partial charge in [0.25, 0.3) is 0 Å². The van der Waals surface area contributed by atoms with Crippen LogP contribution in [0.3, 0.4) is 0 Å². The Morgan fingerprint density at radius 3 is 2.37 bits per heavy atom. The highest BCUT2D eigenvalue weighted by molar-refractivity contribution is 5.97. The number of amides is 1. The fourth-order valence-electron chi connectivity index (χ4n) is 4.02. The van der Waals surface area contributed by atoms with E-state index in [1.165, 1.54) is 13.0 Å². The Morgan fingerprint density at radius 1 is 1.00 bits per heavy atom. The van der Waals surface area contributed by atoms with Gasteiger partial charge in [0.05, 0.1) is 5.69 Å². The van der Waals surface area contributed by atoms with E-state index in [-0.39, 0.29) is 29.7 Å². The van der Waals surface area contributed by atoms with Crippen LogP contribution in [0.1, 0.15) is 36.3 Å². The highest BCUT2D eigenvalue weighted by atomic mass is 19.1. The molecule has 35 heavy (non-hydrogen) atoms. The molecular weight excluding hydrogens is 447 g/mol. The number of benzene rings is 2. The molecule has 3 aromatic rings. The zero-order chi connectivity index (χ0) is 24.8. The van der Waals surface area contributed by atoms with Crippen LogP contribution in [0.25, 0.3) is 0 Å². The number of anilines is 4. The van der Waals surface area contributed by atoms with Gasteiger partial charge in [-0.25, -0.2) is 4.39 Å². The van der Waals surface area contributed by atoms with E-state index in [9.17, 15) is 14.0 Å². The summed E-state index contributed by atoms with van der Waals surface area (Å²) in [5, 5.41) is 14.5. The van der Waals surface area contributed by atoms with E-state index in [0.29, 0.717) is 23.5 Å². The first-order valence-corrected chi connectivity index (χ1v) is 11.7. The quantitative estimate of drug-likeness (QED) is 0.470. The summed E-state index contributed by atoms with van der Waals surface area (Å²) >= 11 is 0. The van der Waals surface area contributed by atoms with Gasteiger partial charge >= 0.3 is 0 Å². The fraction of sp³-hybridized carbons (Fsp3) is 0.308. The van der Waals surface area contributed by atoms with Gasteiger partial charge in [0.2, 0.25) is 5.91 Å². The van der Waals surface area contributed by atoms with Crippen molar-refractivity contribution in [2.75, 3.05) is 41.7 Å². The third-order valence-corrected chi connectivity index (χ3v) is 5.99. The molecule has 2 N–H and O–H groups in total. The molecule has 1 aromatic heterocycles. The Hall–Kier alpha value is -4.01. The molecule has 1 fully saturated rings. The number of rotatable bonds is 8. The summed E-state index contributed by atoms with van der Waals surface area (Å²) in [6, 6.07) is 16.1. The number of ketones is 1. The molecular formula is C26H29FN6O2. The summed E-state index contributed by atoms with van der Waals surface area (Å²) < 4.78 is 14.0. The van der Waals surface area contributed by atoms with E-state index < -0.39 is 0 Å². The second kappa shape index (κ2) is 10.9. The molecule has 9 heteroatoms. The van der Waals surface area contributed by atoms with Crippen molar-refractivity contribution in [3.05, 3.63) is 71.7 Å². The molecule has 1 saturated heterocycles. The minimum Gasteiger partial charge on any atom is -0.379 e. The maximum Gasteiger partial charge on any atom is 0.222 e. The average molecular weight is 477 g/mol. The van der Waals surface area contributed by atoms with Crippen LogP contribution in [0.5, 0.6) is 0 Å². The van der Waals surface area contributed by atoms with Crippen molar-refractivity contribution in [1.82, 2.24) is 15.1 Å². The number of aromatic nitrogens is 2. The van der Waals surface area contributed by atoms with Crippen molar-refractivity contribution >= 4 is 34.6 Å². The molecule has 4 rings (SSSR count). The third kappa shape index (κ3) is 5.92. The second-order valence-electron chi connectivity index (χ2n) is 8.39. The Labute approximate surface area is 204 Å². The summed E-state index contributed by atoms with van der Waals surface area (Å²) in [5.74, 6) is 0.114. The molecule has 1 aliphatic heterocycles. The van der Waals surface area contributed by atoms with E-state index in [0.717, 1.165) is 37.6 Å². The fourth-order valence-corrected chi connectivity index (χ4v) is 4.02. The van der Waals surface area contributed by atoms with Crippen LogP contribution in [0.15, 0.2) is 54.6 Å². The molecule has 0 aliphatic carbocycles. The van der Waals surface area contributed by atoms with Crippen molar-refractivity contribution in [1.29, 1.82) is 0 Å². The Balaban J connectivity index is 1.42. The summed E-state index contributed by atoms with van der Waals surface area (Å²) in [4.78, 5) is 28.1. The summed E-state index contributed by atoms with van der Waals surface area (Å²) in [6.07, 6.45) is 0.539. The zero-order valence-corrected chi connectivity index (χ0v) is 19.9. The van der Waals surface area contributed by atoms with Gasteiger partial charge < -0.3 is 20.4 Å². The number of piperazine rings is 1. The lowest BCUT2D eigenvalue weighted by atomic mass is 10.2. The SMILES string of the molecule is CCC(=O)N1CCN(c2ccc(Nc3cc(NCc4ccccc4F)c(C(C)=O)nn3)cc2)CC1. The first-order valence-electron chi connectivity index (χ1n) is 11.7. The van der Waals surface area contributed by atoms with Crippen LogP contribution in [-0.4, -0.2) is 53.0 Å². The Morgan fingerprint density at radius 2 is 1.71 bits per heavy atom. The normalized spacial score (nSPS) is 13.5. The molecule has 0 radical (unpaired) electrons. The standard InChI is InChI=1S/C26H29FN6O2/c1-3-25(35)33-14-12-32(13-15-33)21-10-8-20(9-11-21)29-24-16-23(26(18(2)34)31-30-24)28-17-19-6-4-5-7-22(19)27/h4-11,16H,3,12-15,17H2,1-2H3,(H2,28,29,30). The topological polar surface area (TPSA) is 90.5 Å². The molecule has 0 bridgehead atoms. The minimum atomic E-state index is -0.316. The van der Waals surface area contributed by atoms with Gasteiger partial charge in [0.15, 0.2) is 17.3 Å². The van der Waals surface area contributed by atoms with Gasteiger partial charge in [-0.2, -0.15) is 0 Å². The van der Waals surface area contributed by atoms with E-state index in [1.807, 2.05) is 36.1 Å². The Kier molecular flexibility index (Phi) is 7.54. The zero-order valence-electron chi connectivity index (χ0n) is 19.9. The molecule has 182 valence electrons. The van der Waals surface area contributed by atoms with E-state index in [2.05, 4.69) is 25.7 Å². The average Bonchev–Trinajstić information content (AvgIpc) is 2.88. The molecule has 0 saturated carbocycles. The van der Waals surface area contributed by atoms with Crippen LogP contribution in [0.4, 0.5) is 27.3 Å². The largest absolute Gasteiger partial charge is 0.379 e. The number of halogens is 1. The number of nitrogens with zero attached hydrogens (tertiary/aromatic N) is 4. The molecule has 1 amide bonds. The van der Waals surface area contributed by atoms with Crippen LogP contribution < -0.4 is 15.5 Å². The predicted octanol–water partition coefficient (Wildman–Crippen LogP) is 4.23. The lowest BCUT2D eigenvalue weighted by Gasteiger charge is -2.36. The first-order chi connectivity index (χ1) is 16.9. The van der Waals surface area contributed by atoms with Crippen molar-refractivity contribution < 1.29 is 14.0 Å².